The fourth-order valence-electron chi connectivity index (χ4n) is 7.07. The maximum Gasteiger partial charge on any atom is 0.338 e. The molecule has 1 spiro atoms. The van der Waals surface area contributed by atoms with Crippen molar-refractivity contribution in [1.82, 2.24) is 10.6 Å². The topological polar surface area (TPSA) is 243 Å². The van der Waals surface area contributed by atoms with Crippen LogP contribution in [-0.2, 0) is 46.1 Å². The molecule has 2 saturated heterocycles. The number of nitrogens with one attached hydrogen (secondary N) is 2. The lowest BCUT2D eigenvalue weighted by Crippen LogP contribution is -2.59. The van der Waals surface area contributed by atoms with Gasteiger partial charge in [0.05, 0.1) is 31.5 Å². The van der Waals surface area contributed by atoms with Gasteiger partial charge >= 0.3 is 5.97 Å². The molecule has 0 unspecified atom stereocenters. The highest BCUT2D eigenvalue weighted by atomic mass is 16.8. The Bertz CT molecular complexity index is 1690. The van der Waals surface area contributed by atoms with Crippen LogP contribution in [0, 0.1) is 0 Å². The summed E-state index contributed by atoms with van der Waals surface area (Å²) in [4.78, 5) is 39.7. The van der Waals surface area contributed by atoms with E-state index in [0.717, 1.165) is 11.1 Å². The van der Waals surface area contributed by atoms with Gasteiger partial charge in [-0.05, 0) is 41.8 Å². The van der Waals surface area contributed by atoms with Gasteiger partial charge in [0.15, 0.2) is 12.1 Å². The molecule has 10 atom stereocenters. The zero-order valence-electron chi connectivity index (χ0n) is 29.5. The van der Waals surface area contributed by atoms with Crippen molar-refractivity contribution in [2.75, 3.05) is 26.4 Å². The van der Waals surface area contributed by atoms with E-state index in [1.165, 1.54) is 6.92 Å². The smallest absolute Gasteiger partial charge is 0.338 e. The highest BCUT2D eigenvalue weighted by Crippen LogP contribution is 2.45. The maximum atomic E-state index is 13.6. The van der Waals surface area contributed by atoms with E-state index < -0.39 is 91.3 Å². The molecule has 0 radical (unpaired) electrons. The van der Waals surface area contributed by atoms with Gasteiger partial charge in [-0.1, -0.05) is 48.6 Å². The Hall–Kier alpha value is -4.07. The fraction of sp³-hybridized carbons (Fsp3) is 0.500. The van der Waals surface area contributed by atoms with Gasteiger partial charge in [0, 0.05) is 31.4 Å². The Morgan fingerprint density at radius 3 is 2.33 bits per heavy atom. The third kappa shape index (κ3) is 8.74. The van der Waals surface area contributed by atoms with Crippen LogP contribution in [0.15, 0.2) is 66.3 Å². The second-order valence-electron chi connectivity index (χ2n) is 13.8. The molecule has 2 fully saturated rings. The van der Waals surface area contributed by atoms with Crippen LogP contribution in [0.3, 0.4) is 0 Å². The molecular weight excluding hydrogens is 708 g/mol. The van der Waals surface area contributed by atoms with Crippen molar-refractivity contribution in [3.8, 4) is 0 Å². The van der Waals surface area contributed by atoms with Crippen molar-refractivity contribution in [1.29, 1.82) is 0 Å². The third-order valence-electron chi connectivity index (χ3n) is 9.89. The summed E-state index contributed by atoms with van der Waals surface area (Å²) in [7, 11) is 0. The zero-order valence-corrected chi connectivity index (χ0v) is 29.5. The van der Waals surface area contributed by atoms with E-state index in [2.05, 4.69) is 10.6 Å². The molecule has 8 N–H and O–H groups in total. The first-order valence-corrected chi connectivity index (χ1v) is 17.8. The van der Waals surface area contributed by atoms with Crippen molar-refractivity contribution in [3.05, 3.63) is 88.5 Å². The Labute approximate surface area is 310 Å². The highest BCUT2D eigenvalue weighted by molar-refractivity contribution is 5.97. The molecule has 4 aliphatic rings. The molecule has 2 aliphatic carbocycles. The number of hydrogen-bond donors (Lipinski definition) is 8. The summed E-state index contributed by atoms with van der Waals surface area (Å²) in [6, 6.07) is 13.0. The van der Waals surface area contributed by atoms with Gasteiger partial charge in [0.2, 0.25) is 11.8 Å². The largest absolute Gasteiger partial charge is 0.456 e. The number of hydrogen-bond acceptors (Lipinski definition) is 14. The summed E-state index contributed by atoms with van der Waals surface area (Å²) in [5.41, 5.74) is 3.22. The normalized spacial score (nSPS) is 29.6. The van der Waals surface area contributed by atoms with Gasteiger partial charge < -0.3 is 65.0 Å². The molecule has 0 bridgehead atoms. The first kappa shape index (κ1) is 39.6. The molecule has 0 aromatic heterocycles. The van der Waals surface area contributed by atoms with Gasteiger partial charge in [0.25, 0.3) is 0 Å². The van der Waals surface area contributed by atoms with Gasteiger partial charge in [-0.25, -0.2) is 4.79 Å². The van der Waals surface area contributed by atoms with E-state index in [4.69, 9.17) is 28.8 Å². The minimum Gasteiger partial charge on any atom is -0.456 e. The van der Waals surface area contributed by atoms with E-state index in [9.17, 15) is 39.9 Å². The van der Waals surface area contributed by atoms with Crippen molar-refractivity contribution in [2.45, 2.75) is 93.1 Å². The second-order valence-corrected chi connectivity index (χ2v) is 13.8. The summed E-state index contributed by atoms with van der Waals surface area (Å²) in [5, 5.41) is 63.7. The number of ether oxygens (including phenoxy) is 5. The number of carbonyl (C=O) groups is 3. The molecule has 2 amide bonds. The number of benzene rings is 2. The number of esters is 1. The Kier molecular flexibility index (Phi) is 12.6. The number of aliphatic hydroxyl groups excluding tert-OH is 6. The number of amides is 2. The number of rotatable bonds is 13. The van der Waals surface area contributed by atoms with Gasteiger partial charge in [-0.15, -0.1) is 0 Å². The van der Waals surface area contributed by atoms with Crippen molar-refractivity contribution >= 4 is 23.9 Å². The molecule has 16 nitrogen and oxygen atoms in total. The number of aliphatic hydroxyl groups is 6. The van der Waals surface area contributed by atoms with Crippen LogP contribution in [-0.4, -0.2) is 142 Å². The second kappa shape index (κ2) is 17.2. The molecule has 6 rings (SSSR count). The molecule has 2 aromatic rings. The van der Waals surface area contributed by atoms with Crippen LogP contribution >= 0.6 is 0 Å². The lowest BCUT2D eigenvalue weighted by molar-refractivity contribution is -0.298. The minimum absolute atomic E-state index is 0.0416. The Balaban J connectivity index is 1.12. The minimum atomic E-state index is -1.55. The van der Waals surface area contributed by atoms with Gasteiger partial charge in [-0.2, -0.15) is 0 Å². The van der Waals surface area contributed by atoms with Crippen LogP contribution in [0.25, 0.3) is 6.08 Å². The van der Waals surface area contributed by atoms with E-state index in [1.807, 2.05) is 24.3 Å². The van der Waals surface area contributed by atoms with E-state index in [1.54, 1.807) is 42.5 Å². The maximum absolute atomic E-state index is 13.6. The van der Waals surface area contributed by atoms with Crippen LogP contribution < -0.4 is 10.6 Å². The number of carbonyl (C=O) groups excluding carboxylic acids is 3. The summed E-state index contributed by atoms with van der Waals surface area (Å²) in [6.45, 7) is 0.362. The van der Waals surface area contributed by atoms with Gasteiger partial charge in [-0.3, -0.25) is 9.59 Å². The average Bonchev–Trinajstić information content (AvgIpc) is 3.72. The van der Waals surface area contributed by atoms with Crippen molar-refractivity contribution in [3.63, 3.8) is 0 Å². The average molecular weight is 755 g/mol. The zero-order chi connectivity index (χ0) is 38.6. The van der Waals surface area contributed by atoms with E-state index >= 15 is 0 Å². The monoisotopic (exact) mass is 754 g/mol. The molecule has 0 saturated carbocycles. The quantitative estimate of drug-likeness (QED) is 0.110. The summed E-state index contributed by atoms with van der Waals surface area (Å²) in [6.07, 6.45) is -4.87. The fourth-order valence-corrected chi connectivity index (χ4v) is 7.07. The third-order valence-corrected chi connectivity index (χ3v) is 9.89. The van der Waals surface area contributed by atoms with Crippen LogP contribution in [0.5, 0.6) is 0 Å². The predicted molar refractivity (Wildman–Crippen MR) is 187 cm³/mol. The van der Waals surface area contributed by atoms with Crippen molar-refractivity contribution < 1.29 is 68.7 Å². The van der Waals surface area contributed by atoms with Crippen LogP contribution in [0.4, 0.5) is 0 Å². The van der Waals surface area contributed by atoms with Crippen LogP contribution in [0.1, 0.15) is 40.4 Å². The SMILES string of the molecule is C[C@H](O)[C@@H](NC(=O)C1=C[C@H]2OC3(Cc4ccccc4C3)O[C@H]2[C@H](OC(=O)c2ccc(C=CCO[C@H]3O[C@H](CO)[C@H](O)[C@H](O)[C@H]3O)cc2)C1)C(=O)NCCO. The molecule has 2 aromatic carbocycles. The number of fused-ring (bicyclic) bond motifs is 2. The Morgan fingerprint density at radius 1 is 0.981 bits per heavy atom. The summed E-state index contributed by atoms with van der Waals surface area (Å²) in [5.74, 6) is -3.04. The van der Waals surface area contributed by atoms with E-state index in [-0.39, 0.29) is 37.3 Å². The standard InChI is InChI=1S/C38H46N2O14/c1-20(43)29(35(48)39-12-13-41)40-34(47)25-15-26(33-27(16-25)53-38(54-33)17-23-6-2-3-7-24(23)18-38)51-36(49)22-10-8-21(9-11-22)5-4-14-50-37-32(46)31(45)30(44)28(19-42)52-37/h2-11,16,20,26-33,37,41-46H,12-15,17-19H2,1H3,(H,39,48)(H,40,47)/t20-,26+,27+,28+,29+,30-,31-,32+,33-,37-/m0/s1. The first-order valence-electron chi connectivity index (χ1n) is 17.8. The molecule has 2 aliphatic heterocycles. The molecule has 2 heterocycles. The summed E-state index contributed by atoms with van der Waals surface area (Å²) >= 11 is 0. The van der Waals surface area contributed by atoms with Gasteiger partial charge in [0.1, 0.15) is 48.8 Å². The Morgan fingerprint density at radius 2 is 1.69 bits per heavy atom. The molecular formula is C38H46N2O14. The summed E-state index contributed by atoms with van der Waals surface area (Å²) < 4.78 is 29.8. The lowest BCUT2D eigenvalue weighted by Gasteiger charge is -2.39. The van der Waals surface area contributed by atoms with E-state index in [0.29, 0.717) is 18.4 Å². The molecule has 16 heteroatoms. The lowest BCUT2D eigenvalue weighted by atomic mass is 9.91. The molecule has 54 heavy (non-hydrogen) atoms. The first-order chi connectivity index (χ1) is 25.9. The van der Waals surface area contributed by atoms with Crippen molar-refractivity contribution in [2.24, 2.45) is 0 Å². The van der Waals surface area contributed by atoms with Crippen LogP contribution in [0.2, 0.25) is 0 Å². The molecule has 292 valence electrons. The highest BCUT2D eigenvalue weighted by Gasteiger charge is 2.55. The predicted octanol–water partition coefficient (Wildman–Crippen LogP) is -1.37.